The molecule has 1 radical (unpaired) electrons. The second kappa shape index (κ2) is 6.00. The van der Waals surface area contributed by atoms with E-state index in [4.69, 9.17) is 4.74 Å². The van der Waals surface area contributed by atoms with Gasteiger partial charge < -0.3 is 4.74 Å². The van der Waals surface area contributed by atoms with E-state index in [0.29, 0.717) is 12.3 Å². The molecule has 0 saturated heterocycles. The molecule has 3 nitrogen and oxygen atoms in total. The molecule has 0 N–H and O–H groups in total. The van der Waals surface area contributed by atoms with Gasteiger partial charge in [-0.1, -0.05) is 20.3 Å². The Kier molecular flexibility index (Phi) is 5.72. The molecule has 0 aromatic rings. The van der Waals surface area contributed by atoms with Gasteiger partial charge in [0.25, 0.3) is 0 Å². The predicted octanol–water partition coefficient (Wildman–Crippen LogP) is 1.78. The maximum Gasteiger partial charge on any atom is 0.306 e. The van der Waals surface area contributed by atoms with Crippen LogP contribution in [0.1, 0.15) is 33.6 Å². The number of esters is 1. The first-order valence-corrected chi connectivity index (χ1v) is 4.37. The zero-order chi connectivity index (χ0) is 9.56. The number of hydrogen-bond donors (Lipinski definition) is 0. The summed E-state index contributed by atoms with van der Waals surface area (Å²) in [5.41, 5.74) is 0. The van der Waals surface area contributed by atoms with E-state index in [0.717, 1.165) is 6.42 Å². The van der Waals surface area contributed by atoms with Crippen LogP contribution in [0.4, 0.5) is 0 Å². The number of carbonyl (C=O) groups excluding carboxylic acids is 1. The van der Waals surface area contributed by atoms with Crippen LogP contribution in [-0.2, 0) is 14.6 Å². The Morgan fingerprint density at radius 3 is 2.42 bits per heavy atom. The highest BCUT2D eigenvalue weighted by atomic mass is 16.5. The molecule has 0 aliphatic rings. The molecule has 0 aromatic heterocycles. The van der Waals surface area contributed by atoms with E-state index in [1.807, 2.05) is 13.8 Å². The Hall–Kier alpha value is -0.570. The molecule has 0 aliphatic carbocycles. The van der Waals surface area contributed by atoms with Gasteiger partial charge in [0.15, 0.2) is 0 Å². The summed E-state index contributed by atoms with van der Waals surface area (Å²) in [5, 5.41) is 10.2. The van der Waals surface area contributed by atoms with Crippen LogP contribution in [0.5, 0.6) is 0 Å². The van der Waals surface area contributed by atoms with Crippen molar-refractivity contribution in [3.05, 3.63) is 0 Å². The topological polar surface area (TPSA) is 46.2 Å². The standard InChI is InChI=1S/C9H17O3/c1-4-7(2)5-9(11)12-8(3)6-10/h7-8H,4-6H2,1-3H3. The van der Waals surface area contributed by atoms with E-state index in [-0.39, 0.29) is 12.6 Å². The van der Waals surface area contributed by atoms with Gasteiger partial charge in [-0.15, -0.1) is 0 Å². The first-order chi connectivity index (χ1) is 5.60. The summed E-state index contributed by atoms with van der Waals surface area (Å²) in [7, 11) is 0. The molecule has 0 amide bonds. The van der Waals surface area contributed by atoms with Crippen LogP contribution in [-0.4, -0.2) is 18.7 Å². The van der Waals surface area contributed by atoms with Crippen LogP contribution in [0, 0.1) is 5.92 Å². The number of carbonyl (C=O) groups is 1. The summed E-state index contributed by atoms with van der Waals surface area (Å²) in [4.78, 5) is 11.0. The first kappa shape index (κ1) is 11.4. The molecule has 71 valence electrons. The fourth-order valence-electron chi connectivity index (χ4n) is 0.735. The van der Waals surface area contributed by atoms with Gasteiger partial charge in [0.1, 0.15) is 12.7 Å². The number of ether oxygens (including phenoxy) is 1. The summed E-state index contributed by atoms with van der Waals surface area (Å²) in [5.74, 6) is 0.0871. The highest BCUT2D eigenvalue weighted by molar-refractivity contribution is 5.69. The molecule has 0 aliphatic heterocycles. The lowest BCUT2D eigenvalue weighted by Gasteiger charge is -2.11. The third-order valence-corrected chi connectivity index (χ3v) is 1.78. The minimum Gasteiger partial charge on any atom is -0.460 e. The second-order valence-corrected chi connectivity index (χ2v) is 3.18. The van der Waals surface area contributed by atoms with Crippen molar-refractivity contribution in [2.24, 2.45) is 5.92 Å². The molecule has 3 heteroatoms. The molecular formula is C9H17O3. The summed E-state index contributed by atoms with van der Waals surface area (Å²) < 4.78 is 4.82. The van der Waals surface area contributed by atoms with Crippen molar-refractivity contribution in [2.75, 3.05) is 6.61 Å². The molecule has 0 rings (SSSR count). The summed E-state index contributed by atoms with van der Waals surface area (Å²) in [6, 6.07) is 0. The average molecular weight is 173 g/mol. The molecule has 0 aromatic carbocycles. The highest BCUT2D eigenvalue weighted by Crippen LogP contribution is 2.08. The zero-order valence-corrected chi connectivity index (χ0v) is 8.00. The molecule has 12 heavy (non-hydrogen) atoms. The molecule has 0 saturated carbocycles. The van der Waals surface area contributed by atoms with E-state index < -0.39 is 6.10 Å². The third kappa shape index (κ3) is 5.13. The van der Waals surface area contributed by atoms with Crippen LogP contribution in [0.2, 0.25) is 0 Å². The predicted molar refractivity (Wildman–Crippen MR) is 45.2 cm³/mol. The SMILES string of the molecule is CCC(C)CC(=O)OC(C)C[O]. The molecule has 2 atom stereocenters. The van der Waals surface area contributed by atoms with Crippen molar-refractivity contribution in [1.82, 2.24) is 0 Å². The molecule has 0 spiro atoms. The monoisotopic (exact) mass is 173 g/mol. The Balaban J connectivity index is 3.59. The van der Waals surface area contributed by atoms with Crippen molar-refractivity contribution < 1.29 is 14.6 Å². The Morgan fingerprint density at radius 1 is 1.42 bits per heavy atom. The maximum absolute atomic E-state index is 11.0. The summed E-state index contributed by atoms with van der Waals surface area (Å²) >= 11 is 0. The number of hydrogen-bond acceptors (Lipinski definition) is 2. The normalized spacial score (nSPS) is 15.3. The lowest BCUT2D eigenvalue weighted by atomic mass is 10.1. The minimum atomic E-state index is -0.485. The van der Waals surface area contributed by atoms with Gasteiger partial charge in [-0.3, -0.25) is 4.79 Å². The van der Waals surface area contributed by atoms with Crippen molar-refractivity contribution in [3.63, 3.8) is 0 Å². The lowest BCUT2D eigenvalue weighted by Crippen LogP contribution is -2.19. The van der Waals surface area contributed by atoms with E-state index in [9.17, 15) is 9.90 Å². The van der Waals surface area contributed by atoms with Crippen molar-refractivity contribution in [3.8, 4) is 0 Å². The van der Waals surface area contributed by atoms with Gasteiger partial charge in [-0.25, -0.2) is 5.11 Å². The third-order valence-electron chi connectivity index (χ3n) is 1.78. The molecule has 0 bridgehead atoms. The lowest BCUT2D eigenvalue weighted by molar-refractivity contribution is -0.152. The van der Waals surface area contributed by atoms with Crippen LogP contribution >= 0.6 is 0 Å². The fourth-order valence-corrected chi connectivity index (χ4v) is 0.735. The molecule has 0 heterocycles. The van der Waals surface area contributed by atoms with Crippen LogP contribution in [0.15, 0.2) is 0 Å². The van der Waals surface area contributed by atoms with E-state index >= 15 is 0 Å². The van der Waals surface area contributed by atoms with Crippen LogP contribution < -0.4 is 0 Å². The second-order valence-electron chi connectivity index (χ2n) is 3.18. The van der Waals surface area contributed by atoms with Gasteiger partial charge in [0, 0.05) is 6.42 Å². The largest absolute Gasteiger partial charge is 0.460 e. The zero-order valence-electron chi connectivity index (χ0n) is 8.00. The first-order valence-electron chi connectivity index (χ1n) is 4.37. The Labute approximate surface area is 73.7 Å². The van der Waals surface area contributed by atoms with Gasteiger partial charge in [-0.05, 0) is 12.8 Å². The average Bonchev–Trinajstić information content (AvgIpc) is 2.03. The Morgan fingerprint density at radius 2 is 2.00 bits per heavy atom. The smallest absolute Gasteiger partial charge is 0.306 e. The highest BCUT2D eigenvalue weighted by Gasteiger charge is 2.11. The molecule has 2 unspecified atom stereocenters. The quantitative estimate of drug-likeness (QED) is 0.595. The van der Waals surface area contributed by atoms with E-state index in [1.165, 1.54) is 0 Å². The molecular weight excluding hydrogens is 156 g/mol. The minimum absolute atomic E-state index is 0.257. The van der Waals surface area contributed by atoms with Crippen molar-refractivity contribution in [2.45, 2.75) is 39.7 Å². The van der Waals surface area contributed by atoms with Crippen LogP contribution in [0.3, 0.4) is 0 Å². The maximum atomic E-state index is 11.0. The van der Waals surface area contributed by atoms with Gasteiger partial charge in [0.05, 0.1) is 0 Å². The van der Waals surface area contributed by atoms with E-state index in [2.05, 4.69) is 0 Å². The van der Waals surface area contributed by atoms with Gasteiger partial charge in [0.2, 0.25) is 0 Å². The Bertz CT molecular complexity index is 120. The molecule has 0 fully saturated rings. The fraction of sp³-hybridized carbons (Fsp3) is 0.889. The van der Waals surface area contributed by atoms with Gasteiger partial charge in [-0.2, -0.15) is 0 Å². The van der Waals surface area contributed by atoms with Crippen LogP contribution in [0.25, 0.3) is 0 Å². The van der Waals surface area contributed by atoms with Gasteiger partial charge >= 0.3 is 5.97 Å². The summed E-state index contributed by atoms with van der Waals surface area (Å²) in [6.07, 6.45) is 0.892. The number of rotatable bonds is 5. The van der Waals surface area contributed by atoms with Crippen molar-refractivity contribution in [1.29, 1.82) is 0 Å². The summed E-state index contributed by atoms with van der Waals surface area (Å²) in [6.45, 7) is 5.27. The van der Waals surface area contributed by atoms with E-state index in [1.54, 1.807) is 6.92 Å². The van der Waals surface area contributed by atoms with Crippen molar-refractivity contribution >= 4 is 5.97 Å².